The van der Waals surface area contributed by atoms with Gasteiger partial charge >= 0.3 is 0 Å². The summed E-state index contributed by atoms with van der Waals surface area (Å²) in [5, 5.41) is 10.2. The van der Waals surface area contributed by atoms with Crippen LogP contribution in [-0.2, 0) is 13.2 Å². The first-order chi connectivity index (χ1) is 9.10. The topological polar surface area (TPSA) is 42.4 Å². The van der Waals surface area contributed by atoms with Gasteiger partial charge in [-0.05, 0) is 25.0 Å². The molecule has 0 spiro atoms. The first-order valence-corrected chi connectivity index (χ1v) is 7.20. The molecular weight excluding hydrogens is 258 g/mol. The van der Waals surface area contributed by atoms with Gasteiger partial charge in [-0.25, -0.2) is 4.98 Å². The minimum atomic E-state index is 0.0513. The summed E-state index contributed by atoms with van der Waals surface area (Å²) >= 11 is 1.52. The molecule has 0 atom stereocenters. The van der Waals surface area contributed by atoms with E-state index in [1.54, 1.807) is 0 Å². The molecule has 1 aromatic carbocycles. The second-order valence-electron chi connectivity index (χ2n) is 4.83. The molecule has 0 saturated heterocycles. The van der Waals surface area contributed by atoms with E-state index in [-0.39, 0.29) is 6.61 Å². The van der Waals surface area contributed by atoms with Gasteiger partial charge in [-0.2, -0.15) is 0 Å². The number of nitrogens with zero attached hydrogens (tertiary/aromatic N) is 1. The maximum atomic E-state index is 9.33. The number of aromatic nitrogens is 1. The third-order valence-electron chi connectivity index (χ3n) is 2.85. The molecule has 1 aromatic heterocycles. The number of benzene rings is 1. The van der Waals surface area contributed by atoms with E-state index < -0.39 is 0 Å². The molecule has 3 nitrogen and oxygen atoms in total. The van der Waals surface area contributed by atoms with Crippen LogP contribution in [0.25, 0.3) is 0 Å². The monoisotopic (exact) mass is 277 g/mol. The van der Waals surface area contributed by atoms with E-state index in [0.29, 0.717) is 12.5 Å². The summed E-state index contributed by atoms with van der Waals surface area (Å²) in [6.07, 6.45) is 0. The van der Waals surface area contributed by atoms with Crippen molar-refractivity contribution in [3.8, 4) is 5.75 Å². The lowest BCUT2D eigenvalue weighted by atomic mass is 10.1. The van der Waals surface area contributed by atoms with E-state index in [4.69, 9.17) is 4.74 Å². The smallest absolute Gasteiger partial charge is 0.140 e. The van der Waals surface area contributed by atoms with Crippen molar-refractivity contribution in [2.75, 3.05) is 0 Å². The molecule has 0 aliphatic carbocycles. The van der Waals surface area contributed by atoms with Crippen LogP contribution in [0.15, 0.2) is 24.3 Å². The number of aryl methyl sites for hydroxylation is 1. The Morgan fingerprint density at radius 2 is 1.95 bits per heavy atom. The molecular formula is C15H19NO2S. The molecule has 19 heavy (non-hydrogen) atoms. The van der Waals surface area contributed by atoms with Crippen molar-refractivity contribution in [2.45, 2.75) is 39.9 Å². The van der Waals surface area contributed by atoms with Gasteiger partial charge < -0.3 is 9.84 Å². The van der Waals surface area contributed by atoms with Gasteiger partial charge in [-0.3, -0.25) is 0 Å². The highest BCUT2D eigenvalue weighted by molar-refractivity contribution is 7.11. The Kier molecular flexibility index (Phi) is 4.56. The standard InChI is InChI=1S/C15H19NO2S/c1-10(2)15-13(8-17)19-14(16-15)9-18-12-6-4-11(3)5-7-12/h4-7,10,17H,8-9H2,1-3H3. The zero-order valence-electron chi connectivity index (χ0n) is 11.5. The maximum Gasteiger partial charge on any atom is 0.140 e. The second kappa shape index (κ2) is 6.17. The van der Waals surface area contributed by atoms with E-state index in [1.807, 2.05) is 31.2 Å². The number of aliphatic hydroxyl groups is 1. The molecule has 0 amide bonds. The van der Waals surface area contributed by atoms with Gasteiger partial charge in [0.2, 0.25) is 0 Å². The first-order valence-electron chi connectivity index (χ1n) is 6.39. The van der Waals surface area contributed by atoms with Crippen LogP contribution >= 0.6 is 11.3 Å². The number of ether oxygens (including phenoxy) is 1. The molecule has 1 N–H and O–H groups in total. The van der Waals surface area contributed by atoms with E-state index in [0.717, 1.165) is 21.3 Å². The van der Waals surface area contributed by atoms with E-state index in [9.17, 15) is 5.11 Å². The molecule has 4 heteroatoms. The SMILES string of the molecule is Cc1ccc(OCc2nc(C(C)C)c(CO)s2)cc1. The third-order valence-corrected chi connectivity index (χ3v) is 3.88. The number of hydrogen-bond acceptors (Lipinski definition) is 4. The largest absolute Gasteiger partial charge is 0.486 e. The lowest BCUT2D eigenvalue weighted by molar-refractivity contribution is 0.283. The summed E-state index contributed by atoms with van der Waals surface area (Å²) in [5.74, 6) is 1.17. The molecule has 0 bridgehead atoms. The molecule has 102 valence electrons. The number of rotatable bonds is 5. The minimum absolute atomic E-state index is 0.0513. The second-order valence-corrected chi connectivity index (χ2v) is 6.00. The Labute approximate surface area is 117 Å². The van der Waals surface area contributed by atoms with Gasteiger partial charge in [0.15, 0.2) is 0 Å². The highest BCUT2D eigenvalue weighted by Gasteiger charge is 2.13. The Hall–Kier alpha value is -1.39. The van der Waals surface area contributed by atoms with Gasteiger partial charge in [-0.1, -0.05) is 31.5 Å². The summed E-state index contributed by atoms with van der Waals surface area (Å²) in [6, 6.07) is 7.96. The fourth-order valence-electron chi connectivity index (χ4n) is 1.82. The molecule has 2 aromatic rings. The van der Waals surface area contributed by atoms with Crippen LogP contribution in [0.1, 0.15) is 40.9 Å². The molecule has 0 aliphatic rings. The van der Waals surface area contributed by atoms with Crippen molar-refractivity contribution >= 4 is 11.3 Å². The lowest BCUT2D eigenvalue weighted by Crippen LogP contribution is -1.97. The molecule has 2 rings (SSSR count). The zero-order chi connectivity index (χ0) is 13.8. The Morgan fingerprint density at radius 3 is 2.47 bits per heavy atom. The summed E-state index contributed by atoms with van der Waals surface area (Å²) < 4.78 is 5.71. The average molecular weight is 277 g/mol. The van der Waals surface area contributed by atoms with Crippen LogP contribution in [0.2, 0.25) is 0 Å². The van der Waals surface area contributed by atoms with Gasteiger partial charge in [0.25, 0.3) is 0 Å². The van der Waals surface area contributed by atoms with Crippen LogP contribution < -0.4 is 4.74 Å². The Morgan fingerprint density at radius 1 is 1.26 bits per heavy atom. The summed E-state index contributed by atoms with van der Waals surface area (Å²) in [5.41, 5.74) is 2.20. The quantitative estimate of drug-likeness (QED) is 0.907. The van der Waals surface area contributed by atoms with Crippen LogP contribution in [0.5, 0.6) is 5.75 Å². The van der Waals surface area contributed by atoms with Gasteiger partial charge in [-0.15, -0.1) is 11.3 Å². The maximum absolute atomic E-state index is 9.33. The normalized spacial score (nSPS) is 11.0. The van der Waals surface area contributed by atoms with Crippen LogP contribution in [-0.4, -0.2) is 10.1 Å². The number of thiazole rings is 1. The highest BCUT2D eigenvalue weighted by Crippen LogP contribution is 2.26. The molecule has 0 unspecified atom stereocenters. The number of aliphatic hydroxyl groups excluding tert-OH is 1. The number of hydrogen-bond donors (Lipinski definition) is 1. The van der Waals surface area contributed by atoms with Crippen molar-refractivity contribution in [2.24, 2.45) is 0 Å². The zero-order valence-corrected chi connectivity index (χ0v) is 12.3. The predicted molar refractivity (Wildman–Crippen MR) is 77.6 cm³/mol. The third kappa shape index (κ3) is 3.55. The van der Waals surface area contributed by atoms with Crippen LogP contribution in [0.3, 0.4) is 0 Å². The summed E-state index contributed by atoms with van der Waals surface area (Å²) in [4.78, 5) is 5.49. The first kappa shape index (κ1) is 14.0. The fraction of sp³-hybridized carbons (Fsp3) is 0.400. The summed E-state index contributed by atoms with van der Waals surface area (Å²) in [7, 11) is 0. The predicted octanol–water partition coefficient (Wildman–Crippen LogP) is 3.65. The molecule has 0 radical (unpaired) electrons. The van der Waals surface area contributed by atoms with Crippen molar-refractivity contribution in [3.63, 3.8) is 0 Å². The summed E-state index contributed by atoms with van der Waals surface area (Å²) in [6.45, 7) is 6.72. The van der Waals surface area contributed by atoms with E-state index in [2.05, 4.69) is 18.8 Å². The van der Waals surface area contributed by atoms with Gasteiger partial charge in [0, 0.05) is 0 Å². The molecule has 0 fully saturated rings. The van der Waals surface area contributed by atoms with Crippen molar-refractivity contribution < 1.29 is 9.84 Å². The van der Waals surface area contributed by atoms with Gasteiger partial charge in [0.05, 0.1) is 17.2 Å². The Balaban J connectivity index is 2.05. The average Bonchev–Trinajstić information content (AvgIpc) is 2.81. The molecule has 1 heterocycles. The highest BCUT2D eigenvalue weighted by atomic mass is 32.1. The lowest BCUT2D eigenvalue weighted by Gasteiger charge is -2.04. The van der Waals surface area contributed by atoms with E-state index in [1.165, 1.54) is 16.9 Å². The molecule has 0 saturated carbocycles. The van der Waals surface area contributed by atoms with E-state index >= 15 is 0 Å². The minimum Gasteiger partial charge on any atom is -0.486 e. The van der Waals surface area contributed by atoms with Crippen molar-refractivity contribution in [3.05, 3.63) is 45.4 Å². The Bertz CT molecular complexity index is 532. The van der Waals surface area contributed by atoms with Crippen molar-refractivity contribution in [1.29, 1.82) is 0 Å². The van der Waals surface area contributed by atoms with Crippen LogP contribution in [0.4, 0.5) is 0 Å². The van der Waals surface area contributed by atoms with Crippen molar-refractivity contribution in [1.82, 2.24) is 4.98 Å². The molecule has 0 aliphatic heterocycles. The fourth-order valence-corrected chi connectivity index (χ4v) is 2.82. The van der Waals surface area contributed by atoms with Crippen LogP contribution in [0, 0.1) is 6.92 Å². The van der Waals surface area contributed by atoms with Gasteiger partial charge in [0.1, 0.15) is 17.4 Å².